The Kier molecular flexibility index (Phi) is 3.72. The SMILES string of the molecule is Cc1cccn2cc(C[S@@](=O)[C@H](C)c3cccs3)nc12. The van der Waals surface area contributed by atoms with Gasteiger partial charge in [0.05, 0.1) is 16.7 Å². The van der Waals surface area contributed by atoms with Gasteiger partial charge in [-0.15, -0.1) is 11.3 Å². The van der Waals surface area contributed by atoms with Crippen molar-refractivity contribution in [1.82, 2.24) is 9.38 Å². The van der Waals surface area contributed by atoms with E-state index in [9.17, 15) is 4.21 Å². The van der Waals surface area contributed by atoms with Gasteiger partial charge in [-0.25, -0.2) is 4.98 Å². The number of thiophene rings is 1. The van der Waals surface area contributed by atoms with Gasteiger partial charge in [0.25, 0.3) is 0 Å². The van der Waals surface area contributed by atoms with E-state index in [4.69, 9.17) is 0 Å². The summed E-state index contributed by atoms with van der Waals surface area (Å²) in [6, 6.07) is 8.08. The minimum atomic E-state index is -0.944. The lowest BCUT2D eigenvalue weighted by Gasteiger charge is -2.07. The van der Waals surface area contributed by atoms with E-state index in [1.807, 2.05) is 60.3 Å². The van der Waals surface area contributed by atoms with Crippen LogP contribution < -0.4 is 0 Å². The molecule has 0 spiro atoms. The largest absolute Gasteiger partial charge is 0.307 e. The van der Waals surface area contributed by atoms with Crippen molar-refractivity contribution in [1.29, 1.82) is 0 Å². The predicted octanol–water partition coefficient (Wildman–Crippen LogP) is 3.71. The molecule has 3 rings (SSSR count). The molecule has 0 saturated heterocycles. The highest BCUT2D eigenvalue weighted by Crippen LogP contribution is 2.25. The lowest BCUT2D eigenvalue weighted by Crippen LogP contribution is -2.04. The highest BCUT2D eigenvalue weighted by atomic mass is 32.2. The van der Waals surface area contributed by atoms with E-state index in [0.717, 1.165) is 16.9 Å². The molecule has 0 unspecified atom stereocenters. The van der Waals surface area contributed by atoms with E-state index in [-0.39, 0.29) is 5.25 Å². The zero-order valence-corrected chi connectivity index (χ0v) is 13.1. The maximum Gasteiger partial charge on any atom is 0.139 e. The first-order valence-corrected chi connectivity index (χ1v) is 8.75. The third kappa shape index (κ3) is 2.55. The quantitative estimate of drug-likeness (QED) is 0.736. The second kappa shape index (κ2) is 5.50. The van der Waals surface area contributed by atoms with E-state index in [1.165, 1.54) is 4.88 Å². The molecule has 104 valence electrons. The summed E-state index contributed by atoms with van der Waals surface area (Å²) in [6.45, 7) is 4.06. The van der Waals surface area contributed by atoms with E-state index in [2.05, 4.69) is 4.98 Å². The molecule has 3 aromatic rings. The maximum absolute atomic E-state index is 12.4. The molecular formula is C15H16N2OS2. The van der Waals surface area contributed by atoms with E-state index >= 15 is 0 Å². The zero-order chi connectivity index (χ0) is 14.1. The molecule has 3 nitrogen and oxygen atoms in total. The fourth-order valence-corrected chi connectivity index (χ4v) is 4.37. The lowest BCUT2D eigenvalue weighted by atomic mass is 10.3. The molecule has 0 aliphatic carbocycles. The highest BCUT2D eigenvalue weighted by molar-refractivity contribution is 7.84. The minimum absolute atomic E-state index is 0.0564. The van der Waals surface area contributed by atoms with Crippen molar-refractivity contribution in [2.24, 2.45) is 0 Å². The number of fused-ring (bicyclic) bond motifs is 1. The Hall–Kier alpha value is -1.46. The molecule has 5 heteroatoms. The molecule has 0 fully saturated rings. The Balaban J connectivity index is 1.82. The summed E-state index contributed by atoms with van der Waals surface area (Å²) in [4.78, 5) is 5.76. The Morgan fingerprint density at radius 2 is 2.25 bits per heavy atom. The summed E-state index contributed by atoms with van der Waals surface area (Å²) in [5.74, 6) is 0.500. The molecule has 0 saturated carbocycles. The number of nitrogens with zero attached hydrogens (tertiary/aromatic N) is 2. The van der Waals surface area contributed by atoms with Crippen LogP contribution in [0.15, 0.2) is 42.0 Å². The van der Waals surface area contributed by atoms with Crippen LogP contribution in [0.1, 0.15) is 28.3 Å². The summed E-state index contributed by atoms with van der Waals surface area (Å²) in [7, 11) is -0.944. The molecule has 2 atom stereocenters. The number of imidazole rings is 1. The molecule has 0 aromatic carbocycles. The molecule has 0 amide bonds. The van der Waals surface area contributed by atoms with Crippen LogP contribution in [-0.2, 0) is 16.6 Å². The first-order chi connectivity index (χ1) is 9.65. The normalized spacial score (nSPS) is 14.5. The van der Waals surface area contributed by atoms with Crippen LogP contribution in [0.3, 0.4) is 0 Å². The average molecular weight is 304 g/mol. The number of aromatic nitrogens is 2. The first-order valence-electron chi connectivity index (χ1n) is 6.49. The van der Waals surface area contributed by atoms with Gasteiger partial charge in [-0.05, 0) is 36.9 Å². The molecule has 0 N–H and O–H groups in total. The lowest BCUT2D eigenvalue weighted by molar-refractivity contribution is 0.675. The summed E-state index contributed by atoms with van der Waals surface area (Å²) in [5, 5.41) is 2.08. The number of pyridine rings is 1. The number of hydrogen-bond donors (Lipinski definition) is 0. The second-order valence-corrected chi connectivity index (χ2v) is 7.57. The van der Waals surface area contributed by atoms with Gasteiger partial charge in [0.2, 0.25) is 0 Å². The summed E-state index contributed by atoms with van der Waals surface area (Å²) < 4.78 is 14.4. The average Bonchev–Trinajstić information content (AvgIpc) is 3.06. The number of aryl methyl sites for hydroxylation is 1. The van der Waals surface area contributed by atoms with Crippen molar-refractivity contribution in [3.8, 4) is 0 Å². The molecule has 0 bridgehead atoms. The van der Waals surface area contributed by atoms with E-state index in [0.29, 0.717) is 5.75 Å². The van der Waals surface area contributed by atoms with Gasteiger partial charge in [0.1, 0.15) is 5.65 Å². The Labute approximate surface area is 124 Å². The van der Waals surface area contributed by atoms with E-state index < -0.39 is 10.8 Å². The van der Waals surface area contributed by atoms with Gasteiger partial charge in [0.15, 0.2) is 0 Å². The second-order valence-electron chi connectivity index (χ2n) is 4.84. The summed E-state index contributed by atoms with van der Waals surface area (Å²) >= 11 is 1.66. The van der Waals surface area contributed by atoms with Gasteiger partial charge < -0.3 is 4.40 Å². The van der Waals surface area contributed by atoms with Crippen molar-refractivity contribution in [3.05, 3.63) is 58.2 Å². The van der Waals surface area contributed by atoms with Crippen molar-refractivity contribution >= 4 is 27.8 Å². The molecule has 3 aromatic heterocycles. The predicted molar refractivity (Wildman–Crippen MR) is 84.5 cm³/mol. The molecule has 0 radical (unpaired) electrons. The van der Waals surface area contributed by atoms with Crippen LogP contribution in [0.2, 0.25) is 0 Å². The number of hydrogen-bond acceptors (Lipinski definition) is 3. The standard InChI is InChI=1S/C15H16N2OS2/c1-11-5-3-7-17-9-13(16-15(11)17)10-20(18)12(2)14-6-4-8-19-14/h3-9,12H,10H2,1-2H3/t12-,20-/m1/s1. The third-order valence-corrected chi connectivity index (χ3v) is 6.18. The van der Waals surface area contributed by atoms with Crippen LogP contribution in [0.25, 0.3) is 5.65 Å². The Bertz CT molecular complexity index is 746. The van der Waals surface area contributed by atoms with Crippen molar-refractivity contribution < 1.29 is 4.21 Å². The highest BCUT2D eigenvalue weighted by Gasteiger charge is 2.16. The third-order valence-electron chi connectivity index (χ3n) is 3.36. The Morgan fingerprint density at radius 3 is 2.95 bits per heavy atom. The van der Waals surface area contributed by atoms with Crippen molar-refractivity contribution in [2.75, 3.05) is 0 Å². The summed E-state index contributed by atoms with van der Waals surface area (Å²) in [6.07, 6.45) is 3.95. The molecule has 0 aliphatic heterocycles. The van der Waals surface area contributed by atoms with Crippen molar-refractivity contribution in [2.45, 2.75) is 24.9 Å². The molecule has 3 heterocycles. The molecule has 0 aliphatic rings. The van der Waals surface area contributed by atoms with E-state index in [1.54, 1.807) is 11.3 Å². The zero-order valence-electron chi connectivity index (χ0n) is 11.4. The fraction of sp³-hybridized carbons (Fsp3) is 0.267. The van der Waals surface area contributed by atoms with Gasteiger partial charge in [-0.1, -0.05) is 12.1 Å². The first kappa shape index (κ1) is 13.5. The number of rotatable bonds is 4. The van der Waals surface area contributed by atoms with Crippen molar-refractivity contribution in [3.63, 3.8) is 0 Å². The fourth-order valence-electron chi connectivity index (χ4n) is 2.20. The monoisotopic (exact) mass is 304 g/mol. The Morgan fingerprint density at radius 1 is 1.40 bits per heavy atom. The molecular weight excluding hydrogens is 288 g/mol. The van der Waals surface area contributed by atoms with Gasteiger partial charge in [0, 0.05) is 28.1 Å². The maximum atomic E-state index is 12.4. The molecule has 20 heavy (non-hydrogen) atoms. The van der Waals surface area contributed by atoms with Crippen LogP contribution in [0.5, 0.6) is 0 Å². The van der Waals surface area contributed by atoms with Gasteiger partial charge >= 0.3 is 0 Å². The van der Waals surface area contributed by atoms with Crippen LogP contribution in [-0.4, -0.2) is 13.6 Å². The van der Waals surface area contributed by atoms with Crippen LogP contribution in [0, 0.1) is 6.92 Å². The smallest absolute Gasteiger partial charge is 0.139 e. The van der Waals surface area contributed by atoms with Crippen LogP contribution in [0.4, 0.5) is 0 Å². The topological polar surface area (TPSA) is 34.4 Å². The van der Waals surface area contributed by atoms with Gasteiger partial charge in [-0.3, -0.25) is 4.21 Å². The van der Waals surface area contributed by atoms with Crippen LogP contribution >= 0.6 is 11.3 Å². The summed E-state index contributed by atoms with van der Waals surface area (Å²) in [5.41, 5.74) is 2.97. The minimum Gasteiger partial charge on any atom is -0.307 e. The van der Waals surface area contributed by atoms with Gasteiger partial charge in [-0.2, -0.15) is 0 Å².